The monoisotopic (exact) mass is 248 g/mol. The second kappa shape index (κ2) is 4.63. The van der Waals surface area contributed by atoms with Crippen LogP contribution < -0.4 is 5.32 Å². The van der Waals surface area contributed by atoms with Crippen LogP contribution in [0.3, 0.4) is 0 Å². The average Bonchev–Trinajstić information content (AvgIpc) is 2.98. The van der Waals surface area contributed by atoms with E-state index >= 15 is 0 Å². The number of aryl methyl sites for hydroxylation is 1. The fourth-order valence-electron chi connectivity index (χ4n) is 2.22. The molecule has 1 atom stereocenters. The van der Waals surface area contributed by atoms with Crippen LogP contribution in [0.5, 0.6) is 0 Å². The van der Waals surface area contributed by atoms with Gasteiger partial charge in [-0.3, -0.25) is 0 Å². The van der Waals surface area contributed by atoms with Crippen molar-refractivity contribution in [3.05, 3.63) is 28.3 Å². The number of thiazole rings is 1. The van der Waals surface area contributed by atoms with Gasteiger partial charge in [0, 0.05) is 17.8 Å². The van der Waals surface area contributed by atoms with Crippen LogP contribution in [-0.2, 0) is 0 Å². The molecule has 2 aromatic heterocycles. The molecule has 0 spiro atoms. The molecule has 3 nitrogen and oxygen atoms in total. The highest BCUT2D eigenvalue weighted by Gasteiger charge is 2.19. The molecule has 0 saturated carbocycles. The van der Waals surface area contributed by atoms with E-state index in [1.165, 1.54) is 17.8 Å². The molecule has 90 valence electrons. The van der Waals surface area contributed by atoms with Crippen LogP contribution in [0, 0.1) is 6.92 Å². The van der Waals surface area contributed by atoms with E-state index in [9.17, 15) is 0 Å². The first-order valence-electron chi connectivity index (χ1n) is 6.06. The summed E-state index contributed by atoms with van der Waals surface area (Å²) in [7, 11) is 0. The van der Waals surface area contributed by atoms with Gasteiger partial charge in [-0.1, -0.05) is 0 Å². The number of piperidine rings is 1. The van der Waals surface area contributed by atoms with Crippen LogP contribution in [-0.4, -0.2) is 18.1 Å². The van der Waals surface area contributed by atoms with Gasteiger partial charge >= 0.3 is 0 Å². The molecule has 3 rings (SSSR count). The first-order chi connectivity index (χ1) is 8.33. The number of hydrogen-bond donors (Lipinski definition) is 1. The van der Waals surface area contributed by atoms with Crippen LogP contribution >= 0.6 is 11.3 Å². The van der Waals surface area contributed by atoms with E-state index in [4.69, 9.17) is 9.40 Å². The normalized spacial score (nSPS) is 20.6. The molecular formula is C13H16N2OS. The third-order valence-electron chi connectivity index (χ3n) is 3.16. The van der Waals surface area contributed by atoms with Crippen molar-refractivity contribution >= 4 is 11.3 Å². The smallest absolute Gasteiger partial charge is 0.153 e. The maximum Gasteiger partial charge on any atom is 0.153 e. The standard InChI is InChI=1S/C13H16N2OS/c1-9-4-5-12(16-9)11-8-17-13(15-11)10-3-2-6-14-7-10/h4-5,8,10,14H,2-3,6-7H2,1H3. The van der Waals surface area contributed by atoms with Crippen molar-refractivity contribution < 1.29 is 4.42 Å². The van der Waals surface area contributed by atoms with Gasteiger partial charge in [-0.2, -0.15) is 0 Å². The molecule has 0 aromatic carbocycles. The molecule has 1 saturated heterocycles. The second-order valence-electron chi connectivity index (χ2n) is 4.52. The maximum absolute atomic E-state index is 5.60. The molecule has 2 aromatic rings. The van der Waals surface area contributed by atoms with Crippen LogP contribution in [0.1, 0.15) is 29.5 Å². The van der Waals surface area contributed by atoms with Crippen LogP contribution in [0.2, 0.25) is 0 Å². The highest BCUT2D eigenvalue weighted by molar-refractivity contribution is 7.10. The predicted molar refractivity (Wildman–Crippen MR) is 69.4 cm³/mol. The molecule has 1 fully saturated rings. The number of furan rings is 1. The largest absolute Gasteiger partial charge is 0.460 e. The van der Waals surface area contributed by atoms with Crippen molar-refractivity contribution in [2.45, 2.75) is 25.7 Å². The van der Waals surface area contributed by atoms with E-state index in [1.807, 2.05) is 19.1 Å². The van der Waals surface area contributed by atoms with Crippen LogP contribution in [0.4, 0.5) is 0 Å². The van der Waals surface area contributed by atoms with Gasteiger partial charge in [0.25, 0.3) is 0 Å². The Bertz CT molecular complexity index is 497. The summed E-state index contributed by atoms with van der Waals surface area (Å²) in [6, 6.07) is 3.98. The first kappa shape index (κ1) is 11.0. The second-order valence-corrected chi connectivity index (χ2v) is 5.41. The van der Waals surface area contributed by atoms with Gasteiger partial charge in [0.2, 0.25) is 0 Å². The third kappa shape index (κ3) is 2.28. The molecule has 0 aliphatic carbocycles. The Morgan fingerprint density at radius 2 is 2.41 bits per heavy atom. The molecule has 1 aliphatic rings. The Balaban J connectivity index is 1.82. The van der Waals surface area contributed by atoms with E-state index in [2.05, 4.69) is 10.7 Å². The van der Waals surface area contributed by atoms with Crippen molar-refractivity contribution in [1.29, 1.82) is 0 Å². The summed E-state index contributed by atoms with van der Waals surface area (Å²) < 4.78 is 5.60. The Labute approximate surface area is 105 Å². The van der Waals surface area contributed by atoms with Gasteiger partial charge in [0.1, 0.15) is 11.5 Å². The lowest BCUT2D eigenvalue weighted by Gasteiger charge is -2.20. The number of aromatic nitrogens is 1. The van der Waals surface area contributed by atoms with Crippen molar-refractivity contribution in [3.8, 4) is 11.5 Å². The van der Waals surface area contributed by atoms with E-state index in [0.29, 0.717) is 5.92 Å². The fraction of sp³-hybridized carbons (Fsp3) is 0.462. The van der Waals surface area contributed by atoms with Crippen molar-refractivity contribution in [1.82, 2.24) is 10.3 Å². The molecule has 0 amide bonds. The molecule has 1 aliphatic heterocycles. The lowest BCUT2D eigenvalue weighted by molar-refractivity contribution is 0.460. The van der Waals surface area contributed by atoms with Gasteiger partial charge < -0.3 is 9.73 Å². The fourth-order valence-corrected chi connectivity index (χ4v) is 3.17. The first-order valence-corrected chi connectivity index (χ1v) is 6.94. The van der Waals surface area contributed by atoms with Gasteiger partial charge in [-0.15, -0.1) is 11.3 Å². The minimum Gasteiger partial charge on any atom is -0.460 e. The summed E-state index contributed by atoms with van der Waals surface area (Å²) in [5.41, 5.74) is 0.976. The summed E-state index contributed by atoms with van der Waals surface area (Å²) in [6.07, 6.45) is 2.50. The Kier molecular flexibility index (Phi) is 2.99. The SMILES string of the molecule is Cc1ccc(-c2csc(C3CCCNC3)n2)o1. The minimum absolute atomic E-state index is 0.582. The van der Waals surface area contributed by atoms with Crippen molar-refractivity contribution in [2.24, 2.45) is 0 Å². The number of hydrogen-bond acceptors (Lipinski definition) is 4. The molecule has 0 bridgehead atoms. The zero-order chi connectivity index (χ0) is 11.7. The molecule has 1 unspecified atom stereocenters. The zero-order valence-corrected chi connectivity index (χ0v) is 10.7. The van der Waals surface area contributed by atoms with Gasteiger partial charge in [-0.25, -0.2) is 4.98 Å². The summed E-state index contributed by atoms with van der Waals surface area (Å²) in [6.45, 7) is 4.16. The zero-order valence-electron chi connectivity index (χ0n) is 9.90. The maximum atomic E-state index is 5.60. The Hall–Kier alpha value is -1.13. The molecular weight excluding hydrogens is 232 g/mol. The van der Waals surface area contributed by atoms with Crippen molar-refractivity contribution in [2.75, 3.05) is 13.1 Å². The van der Waals surface area contributed by atoms with Gasteiger partial charge in [0.05, 0.1) is 5.01 Å². The minimum atomic E-state index is 0.582. The third-order valence-corrected chi connectivity index (χ3v) is 4.17. The molecule has 3 heterocycles. The highest BCUT2D eigenvalue weighted by Crippen LogP contribution is 2.30. The van der Waals surface area contributed by atoms with E-state index in [-0.39, 0.29) is 0 Å². The number of rotatable bonds is 2. The molecule has 17 heavy (non-hydrogen) atoms. The summed E-state index contributed by atoms with van der Waals surface area (Å²) in [4.78, 5) is 4.70. The number of nitrogens with zero attached hydrogens (tertiary/aromatic N) is 1. The van der Waals surface area contributed by atoms with Crippen LogP contribution in [0.15, 0.2) is 21.9 Å². The van der Waals surface area contributed by atoms with Gasteiger partial charge in [0.15, 0.2) is 5.76 Å². The van der Waals surface area contributed by atoms with Gasteiger partial charge in [-0.05, 0) is 38.4 Å². The van der Waals surface area contributed by atoms with Crippen LogP contribution in [0.25, 0.3) is 11.5 Å². The van der Waals surface area contributed by atoms with E-state index < -0.39 is 0 Å². The van der Waals surface area contributed by atoms with Crippen molar-refractivity contribution in [3.63, 3.8) is 0 Å². The molecule has 1 N–H and O–H groups in total. The highest BCUT2D eigenvalue weighted by atomic mass is 32.1. The lowest BCUT2D eigenvalue weighted by atomic mass is 10.0. The summed E-state index contributed by atoms with van der Waals surface area (Å²) in [5, 5.41) is 6.77. The summed E-state index contributed by atoms with van der Waals surface area (Å²) in [5.74, 6) is 2.40. The van der Waals surface area contributed by atoms with E-state index in [1.54, 1.807) is 11.3 Å². The number of nitrogens with one attached hydrogen (secondary N) is 1. The average molecular weight is 248 g/mol. The topological polar surface area (TPSA) is 38.1 Å². The van der Waals surface area contributed by atoms with E-state index in [0.717, 1.165) is 30.3 Å². The lowest BCUT2D eigenvalue weighted by Crippen LogP contribution is -2.28. The molecule has 0 radical (unpaired) electrons. The molecule has 4 heteroatoms. The Morgan fingerprint density at radius 1 is 1.47 bits per heavy atom. The summed E-state index contributed by atoms with van der Waals surface area (Å²) >= 11 is 1.75. The predicted octanol–water partition coefficient (Wildman–Crippen LogP) is 3.18. The quantitative estimate of drug-likeness (QED) is 0.887. The Morgan fingerprint density at radius 3 is 3.12 bits per heavy atom.